The van der Waals surface area contributed by atoms with Crippen LogP contribution in [-0.2, 0) is 0 Å². The van der Waals surface area contributed by atoms with Crippen molar-refractivity contribution in [3.63, 3.8) is 0 Å². The minimum Gasteiger partial charge on any atom is -0.402 e. The summed E-state index contributed by atoms with van der Waals surface area (Å²) < 4.78 is 2.04. The molecule has 0 aromatic carbocycles. The molecule has 0 aromatic rings. The largest absolute Gasteiger partial charge is 0.402 e. The zero-order valence-corrected chi connectivity index (χ0v) is 7.33. The molecule has 2 nitrogen and oxygen atoms in total. The van der Waals surface area contributed by atoms with Crippen molar-refractivity contribution >= 4 is 9.39 Å². The number of nitrogens with zero attached hydrogens (tertiary/aromatic N) is 1. The van der Waals surface area contributed by atoms with Gasteiger partial charge in [-0.1, -0.05) is 0 Å². The van der Waals surface area contributed by atoms with Gasteiger partial charge >= 0.3 is 0 Å². The van der Waals surface area contributed by atoms with Crippen LogP contribution in [0.1, 0.15) is 12.8 Å². The minimum atomic E-state index is 0.982. The molecule has 3 heteroatoms. The molecule has 0 amide bonds. The second-order valence-corrected chi connectivity index (χ2v) is 3.29. The standard InChI is InChI=1S/C7H13N2P/c1-9(10)7-4-2-6(8)3-5-7/h2,4H,3,5,8,10H2,1H3. The molecular formula is C7H13N2P. The molecule has 10 heavy (non-hydrogen) atoms. The number of hydrogen-bond acceptors (Lipinski definition) is 2. The first-order valence-electron chi connectivity index (χ1n) is 3.34. The summed E-state index contributed by atoms with van der Waals surface area (Å²) in [6.45, 7) is 0. The molecular weight excluding hydrogens is 143 g/mol. The van der Waals surface area contributed by atoms with E-state index in [1.54, 1.807) is 0 Å². The van der Waals surface area contributed by atoms with Gasteiger partial charge in [-0.15, -0.1) is 0 Å². The lowest BCUT2D eigenvalue weighted by Crippen LogP contribution is -2.09. The summed E-state index contributed by atoms with van der Waals surface area (Å²) in [7, 11) is 4.65. The van der Waals surface area contributed by atoms with Crippen LogP contribution in [0.25, 0.3) is 0 Å². The first-order chi connectivity index (χ1) is 4.70. The molecule has 1 aliphatic rings. The number of rotatable bonds is 1. The molecule has 0 heterocycles. The summed E-state index contributed by atoms with van der Waals surface area (Å²) in [5, 5.41) is 0. The fourth-order valence-electron chi connectivity index (χ4n) is 0.936. The van der Waals surface area contributed by atoms with Crippen molar-refractivity contribution in [3.8, 4) is 0 Å². The number of allylic oxidation sites excluding steroid dienone is 4. The maximum absolute atomic E-state index is 5.59. The lowest BCUT2D eigenvalue weighted by molar-refractivity contribution is 0.638. The topological polar surface area (TPSA) is 29.3 Å². The van der Waals surface area contributed by atoms with Gasteiger partial charge in [0.05, 0.1) is 0 Å². The van der Waals surface area contributed by atoms with Crippen LogP contribution in [0, 0.1) is 0 Å². The zero-order chi connectivity index (χ0) is 7.56. The number of hydrogen-bond donors (Lipinski definition) is 1. The van der Waals surface area contributed by atoms with Crippen LogP contribution >= 0.6 is 9.39 Å². The molecule has 0 radical (unpaired) electrons. The van der Waals surface area contributed by atoms with E-state index < -0.39 is 0 Å². The van der Waals surface area contributed by atoms with Crippen molar-refractivity contribution < 1.29 is 0 Å². The van der Waals surface area contributed by atoms with E-state index in [9.17, 15) is 0 Å². The Morgan fingerprint density at radius 1 is 1.50 bits per heavy atom. The second kappa shape index (κ2) is 3.07. The Hall–Kier alpha value is -0.490. The van der Waals surface area contributed by atoms with Crippen molar-refractivity contribution in [3.05, 3.63) is 23.5 Å². The van der Waals surface area contributed by atoms with Crippen LogP contribution in [-0.4, -0.2) is 11.7 Å². The van der Waals surface area contributed by atoms with Crippen LogP contribution in [0.5, 0.6) is 0 Å². The van der Waals surface area contributed by atoms with Gasteiger partial charge < -0.3 is 10.4 Å². The molecule has 0 aromatic heterocycles. The Kier molecular flexibility index (Phi) is 2.34. The van der Waals surface area contributed by atoms with Crippen molar-refractivity contribution in [2.75, 3.05) is 7.05 Å². The van der Waals surface area contributed by atoms with Gasteiger partial charge in [-0.3, -0.25) is 0 Å². The molecule has 0 bridgehead atoms. The zero-order valence-electron chi connectivity index (χ0n) is 6.17. The highest BCUT2D eigenvalue weighted by Gasteiger charge is 2.03. The first kappa shape index (κ1) is 7.62. The molecule has 0 saturated heterocycles. The summed E-state index contributed by atoms with van der Waals surface area (Å²) in [4.78, 5) is 0. The Morgan fingerprint density at radius 2 is 2.20 bits per heavy atom. The van der Waals surface area contributed by atoms with E-state index in [1.807, 2.05) is 17.8 Å². The third-order valence-corrected chi connectivity index (χ3v) is 1.94. The molecule has 0 saturated carbocycles. The summed E-state index contributed by atoms with van der Waals surface area (Å²) in [5.41, 5.74) is 7.89. The van der Waals surface area contributed by atoms with Crippen LogP contribution in [0.4, 0.5) is 0 Å². The average Bonchev–Trinajstić information content (AvgIpc) is 1.88. The van der Waals surface area contributed by atoms with Gasteiger partial charge in [-0.2, -0.15) is 0 Å². The normalized spacial score (nSPS) is 17.8. The van der Waals surface area contributed by atoms with E-state index in [0.29, 0.717) is 0 Å². The van der Waals surface area contributed by atoms with E-state index in [1.165, 1.54) is 5.70 Å². The molecule has 0 aliphatic heterocycles. The van der Waals surface area contributed by atoms with Crippen molar-refractivity contribution in [2.24, 2.45) is 5.73 Å². The fraction of sp³-hybridized carbons (Fsp3) is 0.429. The van der Waals surface area contributed by atoms with Gasteiger partial charge in [0.25, 0.3) is 0 Å². The van der Waals surface area contributed by atoms with Gasteiger partial charge in [0.2, 0.25) is 0 Å². The molecule has 0 fully saturated rings. The third-order valence-electron chi connectivity index (χ3n) is 1.61. The molecule has 2 N–H and O–H groups in total. The third kappa shape index (κ3) is 1.74. The molecule has 1 atom stereocenters. The summed E-state index contributed by atoms with van der Waals surface area (Å²) in [6, 6.07) is 0. The quantitative estimate of drug-likeness (QED) is 0.578. The Labute approximate surface area is 64.0 Å². The molecule has 0 spiro atoms. The van der Waals surface area contributed by atoms with E-state index >= 15 is 0 Å². The van der Waals surface area contributed by atoms with E-state index in [0.717, 1.165) is 18.5 Å². The maximum Gasteiger partial charge on any atom is 0.0163 e. The maximum atomic E-state index is 5.59. The fourth-order valence-corrected chi connectivity index (χ4v) is 1.15. The van der Waals surface area contributed by atoms with E-state index in [2.05, 4.69) is 15.5 Å². The van der Waals surface area contributed by atoms with Gasteiger partial charge in [-0.25, -0.2) is 0 Å². The van der Waals surface area contributed by atoms with E-state index in [-0.39, 0.29) is 0 Å². The van der Waals surface area contributed by atoms with Crippen LogP contribution < -0.4 is 5.73 Å². The Morgan fingerprint density at radius 3 is 2.60 bits per heavy atom. The molecule has 56 valence electrons. The van der Waals surface area contributed by atoms with Gasteiger partial charge in [0.1, 0.15) is 0 Å². The van der Waals surface area contributed by atoms with Crippen molar-refractivity contribution in [1.82, 2.24) is 4.67 Å². The SMILES string of the molecule is CN(P)C1=CC=C(N)CC1. The van der Waals surface area contributed by atoms with E-state index in [4.69, 9.17) is 5.73 Å². The van der Waals surface area contributed by atoms with Crippen molar-refractivity contribution in [2.45, 2.75) is 12.8 Å². The number of nitrogens with two attached hydrogens (primary N) is 1. The van der Waals surface area contributed by atoms with Crippen LogP contribution in [0.3, 0.4) is 0 Å². The highest BCUT2D eigenvalue weighted by atomic mass is 31.0. The highest BCUT2D eigenvalue weighted by molar-refractivity contribution is 7.13. The summed E-state index contributed by atoms with van der Waals surface area (Å²) >= 11 is 0. The Bertz CT molecular complexity index is 182. The Balaban J connectivity index is 2.64. The molecule has 1 aliphatic carbocycles. The monoisotopic (exact) mass is 156 g/mol. The molecule has 1 rings (SSSR count). The highest BCUT2D eigenvalue weighted by Crippen LogP contribution is 2.19. The second-order valence-electron chi connectivity index (χ2n) is 2.51. The minimum absolute atomic E-state index is 0.982. The first-order valence-corrected chi connectivity index (χ1v) is 3.85. The van der Waals surface area contributed by atoms with Gasteiger partial charge in [-0.05, 0) is 34.4 Å². The van der Waals surface area contributed by atoms with Crippen molar-refractivity contribution in [1.29, 1.82) is 0 Å². The lowest BCUT2D eigenvalue weighted by Gasteiger charge is -2.19. The van der Waals surface area contributed by atoms with Crippen LogP contribution in [0.2, 0.25) is 0 Å². The van der Waals surface area contributed by atoms with Gasteiger partial charge in [0.15, 0.2) is 0 Å². The summed E-state index contributed by atoms with van der Waals surface area (Å²) in [6.07, 6.45) is 6.08. The predicted molar refractivity (Wildman–Crippen MR) is 47.1 cm³/mol. The average molecular weight is 156 g/mol. The molecule has 1 unspecified atom stereocenters. The lowest BCUT2D eigenvalue weighted by atomic mass is 10.1. The predicted octanol–water partition coefficient (Wildman–Crippen LogP) is 1.23. The van der Waals surface area contributed by atoms with Gasteiger partial charge in [0, 0.05) is 18.4 Å². The smallest absolute Gasteiger partial charge is 0.0163 e. The summed E-state index contributed by atoms with van der Waals surface area (Å²) in [5.74, 6) is 0. The van der Waals surface area contributed by atoms with Crippen LogP contribution in [0.15, 0.2) is 23.5 Å².